The van der Waals surface area contributed by atoms with E-state index in [2.05, 4.69) is 15.0 Å². The summed E-state index contributed by atoms with van der Waals surface area (Å²) in [6.07, 6.45) is 3.23. The largest absolute Gasteiger partial charge is 0.339 e. The fourth-order valence-corrected chi connectivity index (χ4v) is 2.02. The Kier molecular flexibility index (Phi) is 1.65. The predicted molar refractivity (Wildman–Crippen MR) is 58.3 cm³/mol. The molecule has 0 aliphatic heterocycles. The molecule has 0 spiro atoms. The number of H-pyrrole nitrogens is 1. The highest BCUT2D eigenvalue weighted by Gasteiger charge is 2.37. The van der Waals surface area contributed by atoms with E-state index in [1.54, 1.807) is 0 Å². The average molecular weight is 202 g/mol. The molecule has 4 nitrogen and oxygen atoms in total. The topological polar surface area (TPSA) is 67.6 Å². The van der Waals surface area contributed by atoms with Crippen molar-refractivity contribution in [3.63, 3.8) is 0 Å². The van der Waals surface area contributed by atoms with E-state index in [-0.39, 0.29) is 5.54 Å². The third-order valence-electron chi connectivity index (χ3n) is 3.20. The van der Waals surface area contributed by atoms with Gasteiger partial charge in [0.05, 0.1) is 11.1 Å². The first-order valence-electron chi connectivity index (χ1n) is 5.30. The minimum Gasteiger partial charge on any atom is -0.339 e. The van der Waals surface area contributed by atoms with Gasteiger partial charge in [0, 0.05) is 5.69 Å². The molecule has 0 amide bonds. The zero-order chi connectivity index (χ0) is 10.5. The van der Waals surface area contributed by atoms with Crippen molar-refractivity contribution >= 4 is 11.2 Å². The maximum absolute atomic E-state index is 6.20. The Balaban J connectivity index is 2.14. The molecule has 3 rings (SSSR count). The molecule has 1 fully saturated rings. The minimum atomic E-state index is -0.228. The van der Waals surface area contributed by atoms with Crippen LogP contribution < -0.4 is 5.73 Å². The van der Waals surface area contributed by atoms with Gasteiger partial charge in [-0.15, -0.1) is 0 Å². The first kappa shape index (κ1) is 8.85. The van der Waals surface area contributed by atoms with Crippen molar-refractivity contribution in [1.82, 2.24) is 15.0 Å². The van der Waals surface area contributed by atoms with Gasteiger partial charge < -0.3 is 10.7 Å². The van der Waals surface area contributed by atoms with Gasteiger partial charge in [-0.05, 0) is 38.3 Å². The van der Waals surface area contributed by atoms with E-state index in [4.69, 9.17) is 5.73 Å². The maximum atomic E-state index is 6.20. The van der Waals surface area contributed by atoms with Crippen molar-refractivity contribution in [2.24, 2.45) is 5.73 Å². The summed E-state index contributed by atoms with van der Waals surface area (Å²) in [4.78, 5) is 12.1. The number of hydrogen-bond donors (Lipinski definition) is 2. The second-order valence-electron chi connectivity index (χ2n) is 4.42. The van der Waals surface area contributed by atoms with Gasteiger partial charge in [-0.3, -0.25) is 0 Å². The highest BCUT2D eigenvalue weighted by Crippen LogP contribution is 2.37. The Morgan fingerprint density at radius 3 is 2.80 bits per heavy atom. The number of nitrogens with two attached hydrogens (primary N) is 1. The SMILES string of the molecule is Cc1ccc2[nH]c(C3(N)CCC3)nc2n1. The standard InChI is InChI=1S/C11H14N4/c1-7-3-4-8-9(13-7)15-10(14-8)11(12)5-2-6-11/h3-4H,2,5-6,12H2,1H3,(H,13,14,15). The van der Waals surface area contributed by atoms with Crippen molar-refractivity contribution in [1.29, 1.82) is 0 Å². The van der Waals surface area contributed by atoms with Crippen LogP contribution in [0.25, 0.3) is 11.2 Å². The summed E-state index contributed by atoms with van der Waals surface area (Å²) in [6.45, 7) is 1.97. The molecular weight excluding hydrogens is 188 g/mol. The number of aromatic nitrogens is 3. The second kappa shape index (κ2) is 2.79. The number of fused-ring (bicyclic) bond motifs is 1. The van der Waals surface area contributed by atoms with Crippen LogP contribution in [0.15, 0.2) is 12.1 Å². The molecule has 2 heterocycles. The summed E-state index contributed by atoms with van der Waals surface area (Å²) in [5, 5.41) is 0. The molecule has 3 N–H and O–H groups in total. The Hall–Kier alpha value is -1.42. The van der Waals surface area contributed by atoms with Crippen LogP contribution in [0.3, 0.4) is 0 Å². The van der Waals surface area contributed by atoms with Gasteiger partial charge in [0.15, 0.2) is 5.65 Å². The van der Waals surface area contributed by atoms with E-state index in [0.717, 1.165) is 35.5 Å². The van der Waals surface area contributed by atoms with Crippen LogP contribution in [0, 0.1) is 6.92 Å². The van der Waals surface area contributed by atoms with Gasteiger partial charge in [0.2, 0.25) is 0 Å². The van der Waals surface area contributed by atoms with Crippen molar-refractivity contribution < 1.29 is 0 Å². The minimum absolute atomic E-state index is 0.228. The number of rotatable bonds is 1. The predicted octanol–water partition coefficient (Wildman–Crippen LogP) is 1.60. The smallest absolute Gasteiger partial charge is 0.178 e. The molecule has 0 saturated heterocycles. The van der Waals surface area contributed by atoms with Gasteiger partial charge in [0.25, 0.3) is 0 Å². The number of nitrogens with one attached hydrogen (secondary N) is 1. The molecule has 0 atom stereocenters. The summed E-state index contributed by atoms with van der Waals surface area (Å²) in [6, 6.07) is 3.99. The fraction of sp³-hybridized carbons (Fsp3) is 0.455. The summed E-state index contributed by atoms with van der Waals surface area (Å²) >= 11 is 0. The van der Waals surface area contributed by atoms with E-state index >= 15 is 0 Å². The lowest BCUT2D eigenvalue weighted by Crippen LogP contribution is -2.44. The Morgan fingerprint density at radius 1 is 1.33 bits per heavy atom. The van der Waals surface area contributed by atoms with Crippen LogP contribution in [-0.4, -0.2) is 15.0 Å². The van der Waals surface area contributed by atoms with E-state index in [9.17, 15) is 0 Å². The number of pyridine rings is 1. The molecule has 15 heavy (non-hydrogen) atoms. The van der Waals surface area contributed by atoms with Crippen LogP contribution >= 0.6 is 0 Å². The molecule has 0 unspecified atom stereocenters. The summed E-state index contributed by atoms with van der Waals surface area (Å²) in [5.74, 6) is 0.891. The molecule has 1 aliphatic rings. The second-order valence-corrected chi connectivity index (χ2v) is 4.42. The van der Waals surface area contributed by atoms with Gasteiger partial charge in [-0.25, -0.2) is 9.97 Å². The lowest BCUT2D eigenvalue weighted by atomic mass is 9.77. The molecule has 1 aliphatic carbocycles. The Morgan fingerprint density at radius 2 is 2.13 bits per heavy atom. The van der Waals surface area contributed by atoms with E-state index < -0.39 is 0 Å². The highest BCUT2D eigenvalue weighted by molar-refractivity contribution is 5.70. The third-order valence-corrected chi connectivity index (χ3v) is 3.20. The molecule has 4 heteroatoms. The number of aryl methyl sites for hydroxylation is 1. The molecule has 2 aromatic heterocycles. The lowest BCUT2D eigenvalue weighted by molar-refractivity contribution is 0.240. The molecule has 0 bridgehead atoms. The quantitative estimate of drug-likeness (QED) is 0.738. The number of hydrogen-bond acceptors (Lipinski definition) is 3. The number of aromatic amines is 1. The van der Waals surface area contributed by atoms with Gasteiger partial charge in [-0.2, -0.15) is 0 Å². The summed E-state index contributed by atoms with van der Waals surface area (Å²) < 4.78 is 0. The van der Waals surface area contributed by atoms with Crippen molar-refractivity contribution in [2.75, 3.05) is 0 Å². The molecule has 0 radical (unpaired) electrons. The van der Waals surface area contributed by atoms with Crippen molar-refractivity contribution in [3.8, 4) is 0 Å². The molecule has 1 saturated carbocycles. The average Bonchev–Trinajstić information content (AvgIpc) is 2.57. The molecule has 78 valence electrons. The van der Waals surface area contributed by atoms with E-state index in [1.807, 2.05) is 19.1 Å². The molecule has 0 aromatic carbocycles. The highest BCUT2D eigenvalue weighted by atomic mass is 15.0. The van der Waals surface area contributed by atoms with Crippen molar-refractivity contribution in [3.05, 3.63) is 23.7 Å². The Bertz CT molecular complexity index is 510. The first-order chi connectivity index (χ1) is 7.17. The maximum Gasteiger partial charge on any atom is 0.178 e. The normalized spacial score (nSPS) is 19.1. The van der Waals surface area contributed by atoms with Crippen LogP contribution in [0.4, 0.5) is 0 Å². The Labute approximate surface area is 87.9 Å². The van der Waals surface area contributed by atoms with Crippen LogP contribution in [0.2, 0.25) is 0 Å². The fourth-order valence-electron chi connectivity index (χ4n) is 2.02. The number of imidazole rings is 1. The van der Waals surface area contributed by atoms with E-state index in [1.165, 1.54) is 6.42 Å². The van der Waals surface area contributed by atoms with Crippen molar-refractivity contribution in [2.45, 2.75) is 31.7 Å². The van der Waals surface area contributed by atoms with E-state index in [0.29, 0.717) is 0 Å². The van der Waals surface area contributed by atoms with Gasteiger partial charge in [-0.1, -0.05) is 0 Å². The summed E-state index contributed by atoms with van der Waals surface area (Å²) in [5.41, 5.74) is 8.72. The van der Waals surface area contributed by atoms with Gasteiger partial charge >= 0.3 is 0 Å². The van der Waals surface area contributed by atoms with Crippen LogP contribution in [0.5, 0.6) is 0 Å². The zero-order valence-electron chi connectivity index (χ0n) is 8.75. The van der Waals surface area contributed by atoms with Gasteiger partial charge in [0.1, 0.15) is 5.82 Å². The third kappa shape index (κ3) is 1.25. The van der Waals surface area contributed by atoms with Crippen LogP contribution in [-0.2, 0) is 5.54 Å². The first-order valence-corrected chi connectivity index (χ1v) is 5.30. The monoisotopic (exact) mass is 202 g/mol. The number of nitrogens with zero attached hydrogens (tertiary/aromatic N) is 2. The zero-order valence-corrected chi connectivity index (χ0v) is 8.75. The summed E-state index contributed by atoms with van der Waals surface area (Å²) in [7, 11) is 0. The van der Waals surface area contributed by atoms with Crippen LogP contribution in [0.1, 0.15) is 30.8 Å². The molecule has 2 aromatic rings. The molecular formula is C11H14N4. The lowest BCUT2D eigenvalue weighted by Gasteiger charge is -2.35.